The van der Waals surface area contributed by atoms with Crippen LogP contribution in [0.4, 0.5) is 4.39 Å². The summed E-state index contributed by atoms with van der Waals surface area (Å²) in [4.78, 5) is 24.5. The number of nitrogens with one attached hydrogen (secondary N) is 1. The molecule has 1 aromatic carbocycles. The van der Waals surface area contributed by atoms with Crippen LogP contribution in [0, 0.1) is 5.82 Å². The molecule has 1 N–H and O–H groups in total. The van der Waals surface area contributed by atoms with Crippen molar-refractivity contribution in [2.24, 2.45) is 0 Å². The quantitative estimate of drug-likeness (QED) is 0.756. The molecule has 6 heteroatoms. The van der Waals surface area contributed by atoms with Gasteiger partial charge in [-0.3, -0.25) is 14.5 Å². The molecule has 0 spiro atoms. The molecule has 0 heterocycles. The second kappa shape index (κ2) is 8.27. The van der Waals surface area contributed by atoms with Gasteiger partial charge in [-0.1, -0.05) is 25.1 Å². The Morgan fingerprint density at radius 1 is 1.30 bits per heavy atom. The lowest BCUT2D eigenvalue weighted by atomic mass is 10.2. The molecule has 1 rings (SSSR count). The molecule has 5 nitrogen and oxygen atoms in total. The smallest absolute Gasteiger partial charge is 0.319 e. The number of rotatable bonds is 7. The Labute approximate surface area is 117 Å². The maximum atomic E-state index is 13.4. The number of likely N-dealkylation sites (N-methyl/N-ethyl adjacent to an activating group) is 1. The molecule has 0 atom stereocenters. The van der Waals surface area contributed by atoms with Gasteiger partial charge in [0.15, 0.2) is 0 Å². The maximum Gasteiger partial charge on any atom is 0.319 e. The first-order valence-corrected chi connectivity index (χ1v) is 6.36. The highest BCUT2D eigenvalue weighted by molar-refractivity contribution is 5.79. The lowest BCUT2D eigenvalue weighted by Gasteiger charge is -2.18. The first kappa shape index (κ1) is 16.1. The Morgan fingerprint density at radius 2 is 2.00 bits per heavy atom. The van der Waals surface area contributed by atoms with E-state index in [-0.39, 0.29) is 31.4 Å². The molecule has 0 aliphatic heterocycles. The van der Waals surface area contributed by atoms with Crippen LogP contribution in [-0.2, 0) is 20.9 Å². The van der Waals surface area contributed by atoms with Crippen molar-refractivity contribution >= 4 is 11.9 Å². The molecule has 0 fully saturated rings. The number of ether oxygens (including phenoxy) is 1. The number of methoxy groups -OCH3 is 1. The van der Waals surface area contributed by atoms with E-state index in [1.165, 1.54) is 13.2 Å². The first-order valence-electron chi connectivity index (χ1n) is 6.36. The Bertz CT molecular complexity index is 465. The lowest BCUT2D eigenvalue weighted by Crippen LogP contribution is -2.39. The van der Waals surface area contributed by atoms with Crippen LogP contribution < -0.4 is 5.32 Å². The molecule has 110 valence electrons. The van der Waals surface area contributed by atoms with Gasteiger partial charge < -0.3 is 10.1 Å². The van der Waals surface area contributed by atoms with Crippen molar-refractivity contribution in [1.82, 2.24) is 10.2 Å². The van der Waals surface area contributed by atoms with E-state index in [2.05, 4.69) is 10.1 Å². The number of hydrogen-bond acceptors (Lipinski definition) is 4. The van der Waals surface area contributed by atoms with Crippen molar-refractivity contribution in [1.29, 1.82) is 0 Å². The topological polar surface area (TPSA) is 58.6 Å². The third-order valence-corrected chi connectivity index (χ3v) is 2.83. The number of carbonyl (C=O) groups is 2. The molecule has 0 unspecified atom stereocenters. The molecular weight excluding hydrogens is 263 g/mol. The van der Waals surface area contributed by atoms with Crippen LogP contribution in [0.15, 0.2) is 24.3 Å². The van der Waals surface area contributed by atoms with E-state index in [0.29, 0.717) is 12.1 Å². The van der Waals surface area contributed by atoms with Gasteiger partial charge in [0.25, 0.3) is 0 Å². The molecular formula is C14H19FN2O3. The summed E-state index contributed by atoms with van der Waals surface area (Å²) in [5.41, 5.74) is 0.428. The van der Waals surface area contributed by atoms with Crippen molar-refractivity contribution in [2.75, 3.05) is 26.7 Å². The summed E-state index contributed by atoms with van der Waals surface area (Å²) in [7, 11) is 1.30. The molecule has 0 aliphatic rings. The van der Waals surface area contributed by atoms with Gasteiger partial charge in [0, 0.05) is 12.1 Å². The van der Waals surface area contributed by atoms with Crippen molar-refractivity contribution in [3.63, 3.8) is 0 Å². The summed E-state index contributed by atoms with van der Waals surface area (Å²) in [6.07, 6.45) is 0. The zero-order valence-electron chi connectivity index (χ0n) is 11.7. The van der Waals surface area contributed by atoms with Gasteiger partial charge in [0.1, 0.15) is 5.82 Å². The molecule has 1 amide bonds. The number of amides is 1. The summed E-state index contributed by atoms with van der Waals surface area (Å²) in [6, 6.07) is 6.26. The van der Waals surface area contributed by atoms with E-state index in [4.69, 9.17) is 0 Å². The number of hydrogen-bond donors (Lipinski definition) is 1. The molecule has 0 saturated heterocycles. The standard InChI is InChI=1S/C14H19FN2O3/c1-3-17(10-14(19)20-2)9-13(18)16-8-11-6-4-5-7-12(11)15/h4-7H,3,8-10H2,1-2H3,(H,16,18). The van der Waals surface area contributed by atoms with Gasteiger partial charge in [-0.15, -0.1) is 0 Å². The Hall–Kier alpha value is -1.95. The Balaban J connectivity index is 2.42. The van der Waals surface area contributed by atoms with Gasteiger partial charge in [-0.2, -0.15) is 0 Å². The van der Waals surface area contributed by atoms with Crippen LogP contribution in [0.1, 0.15) is 12.5 Å². The first-order chi connectivity index (χ1) is 9.56. The summed E-state index contributed by atoms with van der Waals surface area (Å²) in [6.45, 7) is 2.64. The Morgan fingerprint density at radius 3 is 2.60 bits per heavy atom. The summed E-state index contributed by atoms with van der Waals surface area (Å²) in [5, 5.41) is 2.62. The average Bonchev–Trinajstić information content (AvgIpc) is 2.45. The van der Waals surface area contributed by atoms with E-state index >= 15 is 0 Å². The van der Waals surface area contributed by atoms with E-state index in [0.717, 1.165) is 0 Å². The highest BCUT2D eigenvalue weighted by Gasteiger charge is 2.13. The zero-order chi connectivity index (χ0) is 15.0. The highest BCUT2D eigenvalue weighted by atomic mass is 19.1. The minimum atomic E-state index is -0.395. The minimum Gasteiger partial charge on any atom is -0.468 e. The van der Waals surface area contributed by atoms with Crippen LogP contribution in [-0.4, -0.2) is 43.5 Å². The predicted octanol–water partition coefficient (Wildman–Crippen LogP) is 0.937. The number of esters is 1. The van der Waals surface area contributed by atoms with Crippen LogP contribution in [0.5, 0.6) is 0 Å². The number of benzene rings is 1. The minimum absolute atomic E-state index is 0.0557. The largest absolute Gasteiger partial charge is 0.468 e. The molecule has 0 aromatic heterocycles. The molecule has 20 heavy (non-hydrogen) atoms. The normalized spacial score (nSPS) is 10.4. The molecule has 0 radical (unpaired) electrons. The fraction of sp³-hybridized carbons (Fsp3) is 0.429. The average molecular weight is 282 g/mol. The zero-order valence-corrected chi connectivity index (χ0v) is 11.7. The number of carbonyl (C=O) groups excluding carboxylic acids is 2. The van der Waals surface area contributed by atoms with Gasteiger partial charge in [-0.05, 0) is 12.6 Å². The van der Waals surface area contributed by atoms with Crippen LogP contribution in [0.3, 0.4) is 0 Å². The summed E-state index contributed by atoms with van der Waals surface area (Å²) >= 11 is 0. The monoisotopic (exact) mass is 282 g/mol. The molecule has 0 bridgehead atoms. The van der Waals surface area contributed by atoms with Crippen molar-refractivity contribution in [3.8, 4) is 0 Å². The van der Waals surface area contributed by atoms with Gasteiger partial charge >= 0.3 is 5.97 Å². The van der Waals surface area contributed by atoms with Gasteiger partial charge in [-0.25, -0.2) is 4.39 Å². The summed E-state index contributed by atoms with van der Waals surface area (Å²) in [5.74, 6) is -1.01. The maximum absolute atomic E-state index is 13.4. The SMILES string of the molecule is CCN(CC(=O)NCc1ccccc1F)CC(=O)OC. The van der Waals surface area contributed by atoms with Crippen LogP contribution in [0.2, 0.25) is 0 Å². The van der Waals surface area contributed by atoms with Gasteiger partial charge in [0.2, 0.25) is 5.91 Å². The van der Waals surface area contributed by atoms with Crippen LogP contribution in [0.25, 0.3) is 0 Å². The third-order valence-electron chi connectivity index (χ3n) is 2.83. The number of halogens is 1. The third kappa shape index (κ3) is 5.36. The van der Waals surface area contributed by atoms with Gasteiger partial charge in [0.05, 0.1) is 20.2 Å². The molecule has 0 aliphatic carbocycles. The van der Waals surface area contributed by atoms with Crippen molar-refractivity contribution < 1.29 is 18.7 Å². The lowest BCUT2D eigenvalue weighted by molar-refractivity contribution is -0.142. The van der Waals surface area contributed by atoms with Crippen molar-refractivity contribution in [2.45, 2.75) is 13.5 Å². The fourth-order valence-electron chi connectivity index (χ4n) is 1.62. The van der Waals surface area contributed by atoms with E-state index in [1.807, 2.05) is 6.92 Å². The van der Waals surface area contributed by atoms with Crippen molar-refractivity contribution in [3.05, 3.63) is 35.6 Å². The Kier molecular flexibility index (Phi) is 6.66. The molecule has 0 saturated carbocycles. The predicted molar refractivity (Wildman–Crippen MR) is 72.4 cm³/mol. The second-order valence-corrected chi connectivity index (χ2v) is 4.25. The summed E-state index contributed by atoms with van der Waals surface area (Å²) < 4.78 is 17.9. The molecule has 1 aromatic rings. The van der Waals surface area contributed by atoms with E-state index in [1.54, 1.807) is 23.1 Å². The number of nitrogens with zero attached hydrogens (tertiary/aromatic N) is 1. The highest BCUT2D eigenvalue weighted by Crippen LogP contribution is 2.05. The van der Waals surface area contributed by atoms with E-state index in [9.17, 15) is 14.0 Å². The second-order valence-electron chi connectivity index (χ2n) is 4.25. The fourth-order valence-corrected chi connectivity index (χ4v) is 1.62. The van der Waals surface area contributed by atoms with E-state index < -0.39 is 5.97 Å². The van der Waals surface area contributed by atoms with Crippen LogP contribution >= 0.6 is 0 Å².